The molecule has 8 nitrogen and oxygen atoms in total. The molecular weight excluding hydrogens is 574 g/mol. The number of carbonyl (C=O) groups excluding carboxylic acids is 2. The van der Waals surface area contributed by atoms with Gasteiger partial charge in [0.05, 0.1) is 17.7 Å². The summed E-state index contributed by atoms with van der Waals surface area (Å²) in [6, 6.07) is 32.4. The van der Waals surface area contributed by atoms with Crippen molar-refractivity contribution >= 4 is 27.5 Å². The molecule has 0 saturated heterocycles. The second-order valence-corrected chi connectivity index (χ2v) is 12.4. The van der Waals surface area contributed by atoms with Crippen LogP contribution < -0.4 is 14.4 Å². The zero-order valence-electron chi connectivity index (χ0n) is 25.3. The molecule has 2 atom stereocenters. The van der Waals surface area contributed by atoms with Crippen molar-refractivity contribution in [1.82, 2.24) is 10.2 Å². The minimum atomic E-state index is -4.18. The van der Waals surface area contributed by atoms with Crippen LogP contribution in [0.5, 0.6) is 5.75 Å². The van der Waals surface area contributed by atoms with Gasteiger partial charge in [0.1, 0.15) is 18.3 Å². The van der Waals surface area contributed by atoms with Gasteiger partial charge in [0.25, 0.3) is 10.0 Å². The normalized spacial score (nSPS) is 12.5. The van der Waals surface area contributed by atoms with Crippen molar-refractivity contribution in [2.45, 2.75) is 50.2 Å². The number of hydrogen-bond acceptors (Lipinski definition) is 5. The molecule has 1 N–H and O–H groups in total. The molecule has 0 unspecified atom stereocenters. The smallest absolute Gasteiger partial charge is 0.264 e. The van der Waals surface area contributed by atoms with Gasteiger partial charge in [0, 0.05) is 25.1 Å². The van der Waals surface area contributed by atoms with Crippen LogP contribution in [0.15, 0.2) is 120 Å². The van der Waals surface area contributed by atoms with E-state index in [-0.39, 0.29) is 35.5 Å². The highest BCUT2D eigenvalue weighted by Crippen LogP contribution is 2.28. The minimum absolute atomic E-state index is 0.0422. The van der Waals surface area contributed by atoms with Crippen LogP contribution in [-0.2, 0) is 32.6 Å². The summed E-state index contributed by atoms with van der Waals surface area (Å²) in [7, 11) is -2.69. The molecule has 44 heavy (non-hydrogen) atoms. The highest BCUT2D eigenvalue weighted by atomic mass is 32.2. The lowest BCUT2D eigenvalue weighted by molar-refractivity contribution is -0.140. The number of carbonyl (C=O) groups is 2. The zero-order valence-corrected chi connectivity index (χ0v) is 26.1. The second kappa shape index (κ2) is 15.2. The molecule has 0 spiro atoms. The van der Waals surface area contributed by atoms with Crippen LogP contribution in [0.1, 0.15) is 31.4 Å². The molecule has 0 heterocycles. The fraction of sp³-hybridized carbons (Fsp3) is 0.257. The fourth-order valence-electron chi connectivity index (χ4n) is 4.79. The van der Waals surface area contributed by atoms with E-state index in [1.807, 2.05) is 74.5 Å². The van der Waals surface area contributed by atoms with Crippen LogP contribution in [-0.4, -0.2) is 50.9 Å². The highest BCUT2D eigenvalue weighted by molar-refractivity contribution is 7.92. The van der Waals surface area contributed by atoms with E-state index in [1.54, 1.807) is 42.5 Å². The number of benzene rings is 4. The predicted molar refractivity (Wildman–Crippen MR) is 173 cm³/mol. The number of anilines is 1. The van der Waals surface area contributed by atoms with E-state index in [9.17, 15) is 18.0 Å². The average molecular weight is 614 g/mol. The standard InChI is InChI=1S/C35H39N3O5S/c1-4-27(2)36-35(40)33(23-28-15-8-5-9-16-28)37(25-29-17-10-6-11-18-29)34(39)26-38(30-19-14-20-31(24-30)43-3)44(41,42)32-21-12-7-13-22-32/h5-22,24,27,33H,4,23,25-26H2,1-3H3,(H,36,40)/t27-,33-/m0/s1. The third kappa shape index (κ3) is 8.26. The predicted octanol–water partition coefficient (Wildman–Crippen LogP) is 5.45. The number of methoxy groups -OCH3 is 1. The summed E-state index contributed by atoms with van der Waals surface area (Å²) >= 11 is 0. The molecule has 4 rings (SSSR count). The van der Waals surface area contributed by atoms with Crippen molar-refractivity contribution in [3.8, 4) is 5.75 Å². The summed E-state index contributed by atoms with van der Waals surface area (Å²) in [5, 5.41) is 3.05. The number of ether oxygens (including phenoxy) is 1. The quantitative estimate of drug-likeness (QED) is 0.204. The molecule has 0 aliphatic carbocycles. The number of nitrogens with zero attached hydrogens (tertiary/aromatic N) is 2. The maximum atomic E-state index is 14.5. The molecular formula is C35H39N3O5S. The van der Waals surface area contributed by atoms with Gasteiger partial charge in [-0.3, -0.25) is 13.9 Å². The molecule has 0 radical (unpaired) electrons. The SMILES string of the molecule is CC[C@H](C)NC(=O)[C@H](Cc1ccccc1)N(Cc1ccccc1)C(=O)CN(c1cccc(OC)c1)S(=O)(=O)c1ccccc1. The van der Waals surface area contributed by atoms with Crippen molar-refractivity contribution in [3.63, 3.8) is 0 Å². The van der Waals surface area contributed by atoms with Crippen LogP contribution in [0.2, 0.25) is 0 Å². The number of hydrogen-bond donors (Lipinski definition) is 1. The van der Waals surface area contributed by atoms with Crippen molar-refractivity contribution < 1.29 is 22.7 Å². The van der Waals surface area contributed by atoms with Crippen molar-refractivity contribution in [2.75, 3.05) is 18.0 Å². The maximum Gasteiger partial charge on any atom is 0.264 e. The van der Waals surface area contributed by atoms with E-state index >= 15 is 0 Å². The third-order valence-corrected chi connectivity index (χ3v) is 9.21. The number of sulfonamides is 1. The molecule has 0 aliphatic rings. The molecule has 0 aromatic heterocycles. The summed E-state index contributed by atoms with van der Waals surface area (Å²) in [5.74, 6) is -0.373. The monoisotopic (exact) mass is 613 g/mol. The zero-order chi connectivity index (χ0) is 31.5. The van der Waals surface area contributed by atoms with E-state index in [4.69, 9.17) is 4.74 Å². The van der Waals surface area contributed by atoms with Gasteiger partial charge in [-0.2, -0.15) is 0 Å². The van der Waals surface area contributed by atoms with E-state index in [1.165, 1.54) is 24.1 Å². The molecule has 4 aromatic carbocycles. The largest absolute Gasteiger partial charge is 0.497 e. The first-order chi connectivity index (χ1) is 21.2. The van der Waals surface area contributed by atoms with Crippen LogP contribution in [0.3, 0.4) is 0 Å². The maximum absolute atomic E-state index is 14.5. The van der Waals surface area contributed by atoms with Crippen LogP contribution in [0, 0.1) is 0 Å². The van der Waals surface area contributed by atoms with Gasteiger partial charge in [-0.1, -0.05) is 91.9 Å². The van der Waals surface area contributed by atoms with Crippen molar-refractivity contribution in [2.24, 2.45) is 0 Å². The number of amides is 2. The lowest BCUT2D eigenvalue weighted by Crippen LogP contribution is -2.54. The first-order valence-corrected chi connectivity index (χ1v) is 16.1. The van der Waals surface area contributed by atoms with E-state index < -0.39 is 28.5 Å². The lowest BCUT2D eigenvalue weighted by Gasteiger charge is -2.34. The topological polar surface area (TPSA) is 96.0 Å². The summed E-state index contributed by atoms with van der Waals surface area (Å²) in [5.41, 5.74) is 1.96. The molecule has 4 aromatic rings. The molecule has 0 fully saturated rings. The lowest BCUT2D eigenvalue weighted by atomic mass is 10.0. The summed E-state index contributed by atoms with van der Waals surface area (Å²) in [4.78, 5) is 29.9. The Morgan fingerprint density at radius 2 is 1.41 bits per heavy atom. The van der Waals surface area contributed by atoms with E-state index in [0.717, 1.165) is 21.9 Å². The van der Waals surface area contributed by atoms with Crippen molar-refractivity contribution in [1.29, 1.82) is 0 Å². The van der Waals surface area contributed by atoms with Crippen molar-refractivity contribution in [3.05, 3.63) is 126 Å². The molecule has 230 valence electrons. The van der Waals surface area contributed by atoms with Gasteiger partial charge in [-0.25, -0.2) is 8.42 Å². The Labute approximate surface area is 260 Å². The first kappa shape index (κ1) is 32.3. The fourth-order valence-corrected chi connectivity index (χ4v) is 6.22. The van der Waals surface area contributed by atoms with Gasteiger partial charge >= 0.3 is 0 Å². The number of nitrogens with one attached hydrogen (secondary N) is 1. The van der Waals surface area contributed by atoms with E-state index in [2.05, 4.69) is 5.32 Å². The Morgan fingerprint density at radius 1 is 0.818 bits per heavy atom. The molecule has 2 amide bonds. The summed E-state index contributed by atoms with van der Waals surface area (Å²) in [6.45, 7) is 3.48. The van der Waals surface area contributed by atoms with Gasteiger partial charge in [-0.15, -0.1) is 0 Å². The summed E-state index contributed by atoms with van der Waals surface area (Å²) < 4.78 is 34.6. The Bertz CT molecular complexity index is 1620. The Balaban J connectivity index is 1.80. The number of rotatable bonds is 14. The second-order valence-electron chi connectivity index (χ2n) is 10.6. The van der Waals surface area contributed by atoms with Gasteiger partial charge in [0.2, 0.25) is 11.8 Å². The van der Waals surface area contributed by atoms with E-state index in [0.29, 0.717) is 5.75 Å². The minimum Gasteiger partial charge on any atom is -0.497 e. The van der Waals surface area contributed by atoms with Gasteiger partial charge in [-0.05, 0) is 48.7 Å². The van der Waals surface area contributed by atoms with Crippen LogP contribution >= 0.6 is 0 Å². The Hall–Kier alpha value is -4.63. The Morgan fingerprint density at radius 3 is 2.00 bits per heavy atom. The Kier molecular flexibility index (Phi) is 11.2. The molecule has 0 bridgehead atoms. The van der Waals surface area contributed by atoms with Crippen LogP contribution in [0.4, 0.5) is 5.69 Å². The average Bonchev–Trinajstić information content (AvgIpc) is 3.06. The highest BCUT2D eigenvalue weighted by Gasteiger charge is 2.35. The third-order valence-electron chi connectivity index (χ3n) is 7.42. The molecule has 0 aliphatic heterocycles. The molecule has 0 saturated carbocycles. The van der Waals surface area contributed by atoms with Gasteiger partial charge in [0.15, 0.2) is 0 Å². The molecule has 9 heteroatoms. The summed E-state index contributed by atoms with van der Waals surface area (Å²) in [6.07, 6.45) is 0.974. The van der Waals surface area contributed by atoms with Gasteiger partial charge < -0.3 is 15.0 Å². The first-order valence-electron chi connectivity index (χ1n) is 14.6. The van der Waals surface area contributed by atoms with Crippen LogP contribution in [0.25, 0.3) is 0 Å².